The summed E-state index contributed by atoms with van der Waals surface area (Å²) in [7, 11) is 0. The highest BCUT2D eigenvalue weighted by atomic mass is 79.9. The second kappa shape index (κ2) is 9.12. The first-order valence-corrected chi connectivity index (χ1v) is 10.3. The van der Waals surface area contributed by atoms with E-state index in [-0.39, 0.29) is 12.1 Å². The minimum atomic E-state index is -0.435. The van der Waals surface area contributed by atoms with Crippen molar-refractivity contribution < 1.29 is 14.3 Å². The van der Waals surface area contributed by atoms with Crippen molar-refractivity contribution in [2.45, 2.75) is 71.9 Å². The van der Waals surface area contributed by atoms with Gasteiger partial charge in [-0.2, -0.15) is 0 Å². The van der Waals surface area contributed by atoms with Gasteiger partial charge in [-0.25, -0.2) is 4.79 Å². The third kappa shape index (κ3) is 6.19. The van der Waals surface area contributed by atoms with Crippen molar-refractivity contribution in [1.82, 2.24) is 4.90 Å². The van der Waals surface area contributed by atoms with Crippen LogP contribution in [0.2, 0.25) is 0 Å². The Morgan fingerprint density at radius 3 is 2.73 bits per heavy atom. The van der Waals surface area contributed by atoms with Gasteiger partial charge in [-0.15, -0.1) is 0 Å². The fourth-order valence-electron chi connectivity index (χ4n) is 3.42. The Kier molecular flexibility index (Phi) is 7.39. The lowest BCUT2D eigenvalue weighted by Crippen LogP contribution is -2.46. The number of halogens is 1. The zero-order valence-corrected chi connectivity index (χ0v) is 18.3. The fraction of sp³-hybridized carbons (Fsp3) is 0.667. The molecule has 1 amide bonds. The average Bonchev–Trinajstić information content (AvgIpc) is 2.53. The zero-order chi connectivity index (χ0) is 19.3. The molecule has 0 radical (unpaired) electrons. The first kappa shape index (κ1) is 21.1. The molecule has 1 aliphatic heterocycles. The summed E-state index contributed by atoms with van der Waals surface area (Å²) in [5, 5.41) is 0. The van der Waals surface area contributed by atoms with Crippen molar-refractivity contribution in [2.24, 2.45) is 5.92 Å². The van der Waals surface area contributed by atoms with Gasteiger partial charge in [-0.3, -0.25) is 0 Å². The first-order valence-electron chi connectivity index (χ1n) is 9.55. The van der Waals surface area contributed by atoms with Gasteiger partial charge in [-0.05, 0) is 78.4 Å². The Balaban J connectivity index is 1.72. The molecular formula is C21H32BrNO3. The standard InChI is InChI=1S/C21H32BrNO3/c1-15-14-17(11-12-23(15)20(24)26-21(3,4)5)8-7-13-25-19-10-6-9-18(22)16(19)2/h6,9-10,15,17H,7-8,11-14H2,1-5H3/t15-,17-/m1/s1. The quantitative estimate of drug-likeness (QED) is 0.546. The predicted octanol–water partition coefficient (Wildman–Crippen LogP) is 5.95. The fourth-order valence-corrected chi connectivity index (χ4v) is 3.77. The number of ether oxygens (including phenoxy) is 2. The molecule has 0 spiro atoms. The van der Waals surface area contributed by atoms with Gasteiger partial charge in [0.2, 0.25) is 0 Å². The largest absolute Gasteiger partial charge is 0.493 e. The summed E-state index contributed by atoms with van der Waals surface area (Å²) >= 11 is 3.54. The predicted molar refractivity (Wildman–Crippen MR) is 109 cm³/mol. The van der Waals surface area contributed by atoms with E-state index in [1.165, 1.54) is 0 Å². The van der Waals surface area contributed by atoms with Gasteiger partial charge in [0.1, 0.15) is 11.4 Å². The van der Waals surface area contributed by atoms with E-state index in [9.17, 15) is 4.79 Å². The maximum atomic E-state index is 12.3. The van der Waals surface area contributed by atoms with E-state index in [2.05, 4.69) is 29.8 Å². The first-order chi connectivity index (χ1) is 12.2. The Hall–Kier alpha value is -1.23. The van der Waals surface area contributed by atoms with E-state index in [0.29, 0.717) is 5.92 Å². The number of likely N-dealkylation sites (tertiary alicyclic amines) is 1. The molecule has 4 nitrogen and oxygen atoms in total. The summed E-state index contributed by atoms with van der Waals surface area (Å²) in [6, 6.07) is 6.28. The van der Waals surface area contributed by atoms with Crippen LogP contribution in [0, 0.1) is 12.8 Å². The van der Waals surface area contributed by atoms with Crippen LogP contribution in [0.15, 0.2) is 22.7 Å². The second-order valence-corrected chi connectivity index (χ2v) is 9.12. The molecule has 0 aromatic heterocycles. The third-order valence-corrected chi connectivity index (χ3v) is 5.70. The van der Waals surface area contributed by atoms with E-state index in [4.69, 9.17) is 9.47 Å². The Morgan fingerprint density at radius 2 is 2.08 bits per heavy atom. The van der Waals surface area contributed by atoms with Crippen LogP contribution in [0.25, 0.3) is 0 Å². The molecule has 146 valence electrons. The zero-order valence-electron chi connectivity index (χ0n) is 16.7. The SMILES string of the molecule is Cc1c(Br)cccc1OCCC[C@@H]1CCN(C(=O)OC(C)(C)C)[C@H](C)C1. The molecule has 26 heavy (non-hydrogen) atoms. The molecule has 2 rings (SSSR count). The van der Waals surface area contributed by atoms with Gasteiger partial charge in [0.05, 0.1) is 6.61 Å². The summed E-state index contributed by atoms with van der Waals surface area (Å²) in [6.07, 6.45) is 4.07. The lowest BCUT2D eigenvalue weighted by atomic mass is 9.88. The normalized spacial score (nSPS) is 20.8. The minimum Gasteiger partial charge on any atom is -0.493 e. The van der Waals surface area contributed by atoms with Gasteiger partial charge >= 0.3 is 6.09 Å². The van der Waals surface area contributed by atoms with E-state index < -0.39 is 5.60 Å². The van der Waals surface area contributed by atoms with Gasteiger partial charge in [0.25, 0.3) is 0 Å². The number of benzene rings is 1. The van der Waals surface area contributed by atoms with Crippen LogP contribution in [0.5, 0.6) is 5.75 Å². The number of carbonyl (C=O) groups is 1. The highest BCUT2D eigenvalue weighted by Crippen LogP contribution is 2.29. The van der Waals surface area contributed by atoms with Gasteiger partial charge in [0.15, 0.2) is 0 Å². The molecular weight excluding hydrogens is 394 g/mol. The number of rotatable bonds is 5. The molecule has 0 N–H and O–H groups in total. The molecule has 1 aliphatic rings. The average molecular weight is 426 g/mol. The summed E-state index contributed by atoms with van der Waals surface area (Å²) < 4.78 is 12.5. The van der Waals surface area contributed by atoms with Crippen LogP contribution < -0.4 is 4.74 Å². The molecule has 2 atom stereocenters. The number of piperidine rings is 1. The minimum absolute atomic E-state index is 0.183. The molecule has 1 fully saturated rings. The number of nitrogens with zero attached hydrogens (tertiary/aromatic N) is 1. The second-order valence-electron chi connectivity index (χ2n) is 8.27. The molecule has 1 saturated heterocycles. The molecule has 0 bridgehead atoms. The van der Waals surface area contributed by atoms with Crippen LogP contribution in [0.4, 0.5) is 4.79 Å². The van der Waals surface area contributed by atoms with Gasteiger partial charge in [0, 0.05) is 22.6 Å². The van der Waals surface area contributed by atoms with Crippen molar-refractivity contribution in [1.29, 1.82) is 0 Å². The van der Waals surface area contributed by atoms with E-state index >= 15 is 0 Å². The Bertz CT molecular complexity index is 612. The highest BCUT2D eigenvalue weighted by Gasteiger charge is 2.31. The summed E-state index contributed by atoms with van der Waals surface area (Å²) in [4.78, 5) is 14.2. The van der Waals surface area contributed by atoms with E-state index in [1.807, 2.05) is 43.9 Å². The van der Waals surface area contributed by atoms with Crippen molar-refractivity contribution in [3.63, 3.8) is 0 Å². The molecule has 1 heterocycles. The molecule has 1 aromatic carbocycles. The molecule has 0 aliphatic carbocycles. The number of hydrogen-bond acceptors (Lipinski definition) is 3. The van der Waals surface area contributed by atoms with Gasteiger partial charge < -0.3 is 14.4 Å². The Morgan fingerprint density at radius 1 is 1.35 bits per heavy atom. The van der Waals surface area contributed by atoms with Crippen molar-refractivity contribution >= 4 is 22.0 Å². The van der Waals surface area contributed by atoms with Gasteiger partial charge in [-0.1, -0.05) is 22.0 Å². The van der Waals surface area contributed by atoms with Crippen LogP contribution in [0.3, 0.4) is 0 Å². The third-order valence-electron chi connectivity index (χ3n) is 4.85. The maximum absolute atomic E-state index is 12.3. The molecule has 0 saturated carbocycles. The van der Waals surface area contributed by atoms with E-state index in [0.717, 1.165) is 54.6 Å². The highest BCUT2D eigenvalue weighted by molar-refractivity contribution is 9.10. The monoisotopic (exact) mass is 425 g/mol. The summed E-state index contributed by atoms with van der Waals surface area (Å²) in [6.45, 7) is 11.4. The van der Waals surface area contributed by atoms with Crippen molar-refractivity contribution in [3.05, 3.63) is 28.2 Å². The van der Waals surface area contributed by atoms with E-state index in [1.54, 1.807) is 0 Å². The maximum Gasteiger partial charge on any atom is 0.410 e. The number of hydrogen-bond donors (Lipinski definition) is 0. The van der Waals surface area contributed by atoms with Crippen LogP contribution >= 0.6 is 15.9 Å². The van der Waals surface area contributed by atoms with Crippen molar-refractivity contribution in [2.75, 3.05) is 13.2 Å². The van der Waals surface area contributed by atoms with Crippen molar-refractivity contribution in [3.8, 4) is 5.75 Å². The summed E-state index contributed by atoms with van der Waals surface area (Å²) in [5.41, 5.74) is 0.710. The molecule has 0 unspecified atom stereocenters. The summed E-state index contributed by atoms with van der Waals surface area (Å²) in [5.74, 6) is 1.60. The number of carbonyl (C=O) groups excluding carboxylic acids is 1. The van der Waals surface area contributed by atoms with Crippen LogP contribution in [-0.4, -0.2) is 35.8 Å². The lowest BCUT2D eigenvalue weighted by molar-refractivity contribution is 0.00646. The topological polar surface area (TPSA) is 38.8 Å². The van der Waals surface area contributed by atoms with Crippen LogP contribution in [0.1, 0.15) is 58.9 Å². The van der Waals surface area contributed by atoms with Crippen LogP contribution in [-0.2, 0) is 4.74 Å². The lowest BCUT2D eigenvalue weighted by Gasteiger charge is -2.38. The molecule has 5 heteroatoms. The molecule has 1 aromatic rings. The Labute approximate surface area is 166 Å². The number of amides is 1. The smallest absolute Gasteiger partial charge is 0.410 e.